The van der Waals surface area contributed by atoms with Crippen LogP contribution in [-0.4, -0.2) is 28.3 Å². The van der Waals surface area contributed by atoms with Crippen molar-refractivity contribution in [2.45, 2.75) is 19.8 Å². The summed E-state index contributed by atoms with van der Waals surface area (Å²) < 4.78 is 0. The number of hydrogen-bond donors (Lipinski definition) is 3. The lowest BCUT2D eigenvalue weighted by Crippen LogP contribution is -2.15. The second-order valence-corrected chi connectivity index (χ2v) is 6.52. The van der Waals surface area contributed by atoms with E-state index in [1.165, 1.54) is 18.7 Å². The number of aromatic nitrogens is 2. The molecule has 0 aliphatic rings. The first-order valence-corrected chi connectivity index (χ1v) is 9.39. The molecule has 7 heteroatoms. The van der Waals surface area contributed by atoms with Gasteiger partial charge in [-0.25, -0.2) is 9.97 Å². The lowest BCUT2D eigenvalue weighted by molar-refractivity contribution is -0.114. The smallest absolute Gasteiger partial charge is 0.275 e. The van der Waals surface area contributed by atoms with E-state index in [0.29, 0.717) is 17.2 Å². The fraction of sp³-hybridized carbons (Fsp3) is 0.182. The van der Waals surface area contributed by atoms with Crippen molar-refractivity contribution in [2.75, 3.05) is 22.5 Å². The van der Waals surface area contributed by atoms with Gasteiger partial charge in [-0.3, -0.25) is 9.59 Å². The first-order valence-electron chi connectivity index (χ1n) is 9.39. The third kappa shape index (κ3) is 6.42. The molecule has 1 heterocycles. The molecule has 0 saturated carbocycles. The Bertz CT molecular complexity index is 958. The maximum absolute atomic E-state index is 12.4. The monoisotopic (exact) mass is 389 g/mol. The predicted molar refractivity (Wildman–Crippen MR) is 114 cm³/mol. The number of amides is 2. The Labute approximate surface area is 169 Å². The van der Waals surface area contributed by atoms with Crippen LogP contribution in [0.15, 0.2) is 67.0 Å². The number of benzene rings is 2. The maximum atomic E-state index is 12.4. The molecule has 0 fully saturated rings. The number of nitrogens with one attached hydrogen (secondary N) is 3. The molecule has 0 atom stereocenters. The van der Waals surface area contributed by atoms with E-state index >= 15 is 0 Å². The Morgan fingerprint density at radius 1 is 0.897 bits per heavy atom. The van der Waals surface area contributed by atoms with Crippen LogP contribution in [0.25, 0.3) is 0 Å². The quantitative estimate of drug-likeness (QED) is 0.510. The minimum Gasteiger partial charge on any atom is -0.369 e. The molecular formula is C22H23N5O2. The standard InChI is InChI=1S/C22H23N5O2/c1-16(28)26-18-10-5-11-19(13-18)27-22(29)20-14-25-21(15-24-20)23-12-6-9-17-7-3-2-4-8-17/h2-5,7-8,10-11,13-15H,6,9,12H2,1H3,(H,23,25)(H,26,28)(H,27,29). The third-order valence-electron chi connectivity index (χ3n) is 4.12. The number of nitrogens with zero attached hydrogens (tertiary/aromatic N) is 2. The normalized spacial score (nSPS) is 10.2. The number of hydrogen-bond acceptors (Lipinski definition) is 5. The molecule has 148 valence electrons. The summed E-state index contributed by atoms with van der Waals surface area (Å²) in [7, 11) is 0. The van der Waals surface area contributed by atoms with Crippen molar-refractivity contribution in [3.8, 4) is 0 Å². The summed E-state index contributed by atoms with van der Waals surface area (Å²) >= 11 is 0. The van der Waals surface area contributed by atoms with Crippen molar-refractivity contribution in [1.29, 1.82) is 0 Å². The molecule has 3 N–H and O–H groups in total. The van der Waals surface area contributed by atoms with Crippen LogP contribution < -0.4 is 16.0 Å². The Kier molecular flexibility index (Phi) is 6.89. The zero-order valence-corrected chi connectivity index (χ0v) is 16.2. The van der Waals surface area contributed by atoms with E-state index in [4.69, 9.17) is 0 Å². The van der Waals surface area contributed by atoms with Gasteiger partial charge in [-0.15, -0.1) is 0 Å². The van der Waals surface area contributed by atoms with Gasteiger partial charge in [-0.1, -0.05) is 36.4 Å². The Hall–Kier alpha value is -3.74. The van der Waals surface area contributed by atoms with Crippen LogP contribution in [-0.2, 0) is 11.2 Å². The van der Waals surface area contributed by atoms with Gasteiger partial charge < -0.3 is 16.0 Å². The van der Waals surface area contributed by atoms with E-state index in [1.54, 1.807) is 30.5 Å². The van der Waals surface area contributed by atoms with Crippen LogP contribution in [0, 0.1) is 0 Å². The zero-order valence-electron chi connectivity index (χ0n) is 16.2. The fourth-order valence-corrected chi connectivity index (χ4v) is 2.76. The predicted octanol–water partition coefficient (Wildman–Crippen LogP) is 3.73. The third-order valence-corrected chi connectivity index (χ3v) is 4.12. The van der Waals surface area contributed by atoms with Gasteiger partial charge in [-0.2, -0.15) is 0 Å². The first kappa shape index (κ1) is 20.0. The van der Waals surface area contributed by atoms with Crippen molar-refractivity contribution in [2.24, 2.45) is 0 Å². The molecule has 0 unspecified atom stereocenters. The van der Waals surface area contributed by atoms with Gasteiger partial charge in [-0.05, 0) is 36.6 Å². The van der Waals surface area contributed by atoms with Gasteiger partial charge in [0.25, 0.3) is 5.91 Å². The SMILES string of the molecule is CC(=O)Nc1cccc(NC(=O)c2cnc(NCCCc3ccccc3)cn2)c1. The van der Waals surface area contributed by atoms with Crippen LogP contribution >= 0.6 is 0 Å². The molecule has 29 heavy (non-hydrogen) atoms. The highest BCUT2D eigenvalue weighted by atomic mass is 16.2. The molecule has 2 aromatic carbocycles. The highest BCUT2D eigenvalue weighted by Crippen LogP contribution is 2.16. The molecule has 0 bridgehead atoms. The maximum Gasteiger partial charge on any atom is 0.275 e. The summed E-state index contributed by atoms with van der Waals surface area (Å²) in [5.41, 5.74) is 2.68. The highest BCUT2D eigenvalue weighted by Gasteiger charge is 2.09. The number of carbonyl (C=O) groups excluding carboxylic acids is 2. The lowest BCUT2D eigenvalue weighted by Gasteiger charge is -2.08. The van der Waals surface area contributed by atoms with Crippen molar-refractivity contribution < 1.29 is 9.59 Å². The van der Waals surface area contributed by atoms with E-state index in [1.807, 2.05) is 18.2 Å². The molecule has 0 aliphatic heterocycles. The molecule has 3 aromatic rings. The summed E-state index contributed by atoms with van der Waals surface area (Å²) in [6, 6.07) is 17.2. The number of aryl methyl sites for hydroxylation is 1. The van der Waals surface area contributed by atoms with Crippen LogP contribution in [0.4, 0.5) is 17.2 Å². The van der Waals surface area contributed by atoms with Gasteiger partial charge in [0.05, 0.1) is 12.4 Å². The zero-order chi connectivity index (χ0) is 20.5. The van der Waals surface area contributed by atoms with E-state index in [0.717, 1.165) is 19.4 Å². The second kappa shape index (κ2) is 9.98. The minimum atomic E-state index is -0.367. The first-order chi connectivity index (χ1) is 14.1. The van der Waals surface area contributed by atoms with Crippen LogP contribution in [0.3, 0.4) is 0 Å². The van der Waals surface area contributed by atoms with Gasteiger partial charge in [0.15, 0.2) is 0 Å². The van der Waals surface area contributed by atoms with E-state index in [-0.39, 0.29) is 17.5 Å². The van der Waals surface area contributed by atoms with Crippen molar-refractivity contribution in [3.05, 3.63) is 78.2 Å². The summed E-state index contributed by atoms with van der Waals surface area (Å²) in [5, 5.41) is 8.63. The lowest BCUT2D eigenvalue weighted by atomic mass is 10.1. The molecule has 1 aromatic heterocycles. The van der Waals surface area contributed by atoms with Crippen molar-refractivity contribution in [1.82, 2.24) is 9.97 Å². The summed E-state index contributed by atoms with van der Waals surface area (Å²) in [4.78, 5) is 31.9. The molecule has 3 rings (SSSR count). The minimum absolute atomic E-state index is 0.175. The van der Waals surface area contributed by atoms with Gasteiger partial charge in [0.2, 0.25) is 5.91 Å². The Balaban J connectivity index is 1.49. The Morgan fingerprint density at radius 3 is 2.34 bits per heavy atom. The average Bonchev–Trinajstić information content (AvgIpc) is 2.72. The summed E-state index contributed by atoms with van der Waals surface area (Å²) in [5.74, 6) is 0.0848. The molecule has 0 saturated heterocycles. The topological polar surface area (TPSA) is 96.0 Å². The molecule has 7 nitrogen and oxygen atoms in total. The van der Waals surface area contributed by atoms with Gasteiger partial charge >= 0.3 is 0 Å². The van der Waals surface area contributed by atoms with E-state index in [9.17, 15) is 9.59 Å². The second-order valence-electron chi connectivity index (χ2n) is 6.52. The highest BCUT2D eigenvalue weighted by molar-refractivity contribution is 6.03. The van der Waals surface area contributed by atoms with Crippen LogP contribution in [0.1, 0.15) is 29.4 Å². The van der Waals surface area contributed by atoms with Crippen molar-refractivity contribution >= 4 is 29.0 Å². The van der Waals surface area contributed by atoms with Gasteiger partial charge in [0.1, 0.15) is 11.5 Å². The van der Waals surface area contributed by atoms with Gasteiger partial charge in [0, 0.05) is 24.8 Å². The summed E-state index contributed by atoms with van der Waals surface area (Å²) in [6.45, 7) is 2.20. The molecule has 0 spiro atoms. The number of carbonyl (C=O) groups is 2. The molecule has 2 amide bonds. The summed E-state index contributed by atoms with van der Waals surface area (Å²) in [6.07, 6.45) is 4.94. The van der Waals surface area contributed by atoms with Crippen molar-refractivity contribution in [3.63, 3.8) is 0 Å². The van der Waals surface area contributed by atoms with E-state index in [2.05, 4.69) is 38.1 Å². The van der Waals surface area contributed by atoms with Crippen LogP contribution in [0.5, 0.6) is 0 Å². The largest absolute Gasteiger partial charge is 0.369 e. The average molecular weight is 389 g/mol. The molecule has 0 radical (unpaired) electrons. The van der Waals surface area contributed by atoms with Crippen LogP contribution in [0.2, 0.25) is 0 Å². The number of rotatable bonds is 8. The molecule has 0 aliphatic carbocycles. The Morgan fingerprint density at radius 2 is 1.66 bits per heavy atom. The molecular weight excluding hydrogens is 366 g/mol. The number of anilines is 3. The fourth-order valence-electron chi connectivity index (χ4n) is 2.76. The van der Waals surface area contributed by atoms with E-state index < -0.39 is 0 Å².